The summed E-state index contributed by atoms with van der Waals surface area (Å²) in [5.74, 6) is -0.439. The largest absolute Gasteiger partial charge is 0.361 e. The highest BCUT2D eigenvalue weighted by Gasteiger charge is 2.39. The number of amides is 2. The molecule has 1 saturated carbocycles. The van der Waals surface area contributed by atoms with Crippen LogP contribution in [0.3, 0.4) is 0 Å². The molecule has 1 atom stereocenters. The van der Waals surface area contributed by atoms with Crippen LogP contribution in [0.15, 0.2) is 91.3 Å². The number of nitrogens with one attached hydrogen (secondary N) is 4. The minimum absolute atomic E-state index is 0.0996. The van der Waals surface area contributed by atoms with E-state index in [2.05, 4.69) is 44.9 Å². The first kappa shape index (κ1) is 25.9. The third kappa shape index (κ3) is 4.90. The normalized spacial score (nSPS) is 16.4. The van der Waals surface area contributed by atoms with Crippen molar-refractivity contribution in [2.75, 3.05) is 6.54 Å². The molecule has 0 aliphatic heterocycles. The summed E-state index contributed by atoms with van der Waals surface area (Å²) in [4.78, 5) is 34.4. The number of hydrogen-bond donors (Lipinski definition) is 4. The molecule has 1 aliphatic carbocycles. The molecule has 6 rings (SSSR count). The monoisotopic (exact) mass is 532 g/mol. The van der Waals surface area contributed by atoms with Gasteiger partial charge in [-0.15, -0.1) is 0 Å². The Kier molecular flexibility index (Phi) is 6.93. The van der Waals surface area contributed by atoms with E-state index in [0.717, 1.165) is 53.1 Å². The van der Waals surface area contributed by atoms with Crippen LogP contribution in [0.25, 0.3) is 21.8 Å². The van der Waals surface area contributed by atoms with Gasteiger partial charge >= 0.3 is 0 Å². The summed E-state index contributed by atoms with van der Waals surface area (Å²) in [6.45, 7) is 2.39. The lowest BCUT2D eigenvalue weighted by Crippen LogP contribution is -2.59. The molecule has 3 aromatic carbocycles. The molecule has 0 spiro atoms. The van der Waals surface area contributed by atoms with Crippen LogP contribution in [-0.4, -0.2) is 33.9 Å². The third-order valence-electron chi connectivity index (χ3n) is 8.73. The van der Waals surface area contributed by atoms with E-state index in [4.69, 9.17) is 0 Å². The van der Waals surface area contributed by atoms with Gasteiger partial charge < -0.3 is 20.6 Å². The molecule has 5 aromatic rings. The molecular weight excluding hydrogens is 496 g/mol. The zero-order valence-electron chi connectivity index (χ0n) is 22.9. The number of carbonyl (C=O) groups is 2. The van der Waals surface area contributed by atoms with E-state index in [0.29, 0.717) is 18.5 Å². The molecule has 40 heavy (non-hydrogen) atoms. The van der Waals surface area contributed by atoms with Gasteiger partial charge in [-0.3, -0.25) is 9.59 Å². The summed E-state index contributed by atoms with van der Waals surface area (Å²) < 4.78 is 0. The Labute approximate surface area is 234 Å². The number of aromatic amines is 2. The highest BCUT2D eigenvalue weighted by Crippen LogP contribution is 2.39. The van der Waals surface area contributed by atoms with E-state index < -0.39 is 5.54 Å². The van der Waals surface area contributed by atoms with E-state index in [9.17, 15) is 9.59 Å². The van der Waals surface area contributed by atoms with Crippen LogP contribution in [0.5, 0.6) is 0 Å². The van der Waals surface area contributed by atoms with Gasteiger partial charge in [0.2, 0.25) is 5.91 Å². The van der Waals surface area contributed by atoms with E-state index in [1.807, 2.05) is 73.9 Å². The van der Waals surface area contributed by atoms with Crippen molar-refractivity contribution in [3.63, 3.8) is 0 Å². The Bertz CT molecular complexity index is 1640. The van der Waals surface area contributed by atoms with Crippen molar-refractivity contribution in [3.05, 3.63) is 108 Å². The number of benzene rings is 3. The van der Waals surface area contributed by atoms with Crippen LogP contribution in [0.2, 0.25) is 0 Å². The molecule has 0 radical (unpaired) electrons. The summed E-state index contributed by atoms with van der Waals surface area (Å²) in [5.41, 5.74) is 3.43. The fraction of sp³-hybridized carbons (Fsp3) is 0.294. The number of aromatic nitrogens is 2. The zero-order valence-corrected chi connectivity index (χ0v) is 22.9. The summed E-state index contributed by atoms with van der Waals surface area (Å²) in [6.07, 6.45) is 9.73. The standard InChI is InChI=1S/C34H36N4O2/c1-33(21-24-22-36-29-15-7-6-13-26(24)29,38-31(39)28-14-10-16-30-27(28)17-20-35-30)32(40)37-23-34(18-8-3-9-19-34)25-11-4-2-5-12-25/h2,4-7,10-17,20,22,35-36H,3,8-9,18-19,21,23H2,1H3,(H,37,40)(H,38,39). The first-order valence-corrected chi connectivity index (χ1v) is 14.2. The average Bonchev–Trinajstić information content (AvgIpc) is 3.64. The second-order valence-electron chi connectivity index (χ2n) is 11.5. The molecular formula is C34H36N4O2. The molecule has 1 unspecified atom stereocenters. The average molecular weight is 533 g/mol. The molecule has 6 heteroatoms. The third-order valence-corrected chi connectivity index (χ3v) is 8.73. The van der Waals surface area contributed by atoms with E-state index in [-0.39, 0.29) is 17.2 Å². The molecule has 2 heterocycles. The molecule has 0 bridgehead atoms. The van der Waals surface area contributed by atoms with E-state index in [1.54, 1.807) is 0 Å². The first-order valence-electron chi connectivity index (χ1n) is 14.2. The predicted molar refractivity (Wildman–Crippen MR) is 160 cm³/mol. The van der Waals surface area contributed by atoms with Gasteiger partial charge in [0.25, 0.3) is 5.91 Å². The molecule has 1 fully saturated rings. The zero-order chi connectivity index (χ0) is 27.6. The van der Waals surface area contributed by atoms with Crippen LogP contribution in [0, 0.1) is 0 Å². The molecule has 6 nitrogen and oxygen atoms in total. The van der Waals surface area contributed by atoms with E-state index in [1.165, 1.54) is 12.0 Å². The molecule has 2 aromatic heterocycles. The number of para-hydroxylation sites is 1. The summed E-state index contributed by atoms with van der Waals surface area (Å²) in [6, 6.07) is 26.1. The molecule has 1 aliphatic rings. The maximum Gasteiger partial charge on any atom is 0.252 e. The molecule has 2 amide bonds. The van der Waals surface area contributed by atoms with Gasteiger partial charge in [-0.05, 0) is 55.2 Å². The minimum Gasteiger partial charge on any atom is -0.361 e. The highest BCUT2D eigenvalue weighted by atomic mass is 16.2. The molecule has 204 valence electrons. The van der Waals surface area contributed by atoms with Gasteiger partial charge in [-0.1, -0.05) is 73.9 Å². The van der Waals surface area contributed by atoms with Gasteiger partial charge in [0.1, 0.15) is 5.54 Å². The lowest BCUT2D eigenvalue weighted by Gasteiger charge is -2.39. The Morgan fingerprint density at radius 1 is 0.825 bits per heavy atom. The quantitative estimate of drug-likeness (QED) is 0.186. The fourth-order valence-electron chi connectivity index (χ4n) is 6.47. The van der Waals surface area contributed by atoms with Crippen LogP contribution in [0.4, 0.5) is 0 Å². The molecule has 0 saturated heterocycles. The Hall–Kier alpha value is -4.32. The minimum atomic E-state index is -1.17. The molecule has 4 N–H and O–H groups in total. The lowest BCUT2D eigenvalue weighted by molar-refractivity contribution is -0.127. The summed E-state index contributed by atoms with van der Waals surface area (Å²) in [5, 5.41) is 8.35. The van der Waals surface area contributed by atoms with Crippen molar-refractivity contribution in [3.8, 4) is 0 Å². The number of fused-ring (bicyclic) bond motifs is 2. The SMILES string of the molecule is CC(Cc1c[nH]c2ccccc12)(NC(=O)c1cccc2[nH]ccc12)C(=O)NCC1(c2ccccc2)CCCCC1. The Morgan fingerprint density at radius 2 is 1.55 bits per heavy atom. The number of H-pyrrole nitrogens is 2. The van der Waals surface area contributed by atoms with Gasteiger partial charge in [0.15, 0.2) is 0 Å². The van der Waals surface area contributed by atoms with E-state index >= 15 is 0 Å². The summed E-state index contributed by atoms with van der Waals surface area (Å²) >= 11 is 0. The van der Waals surface area contributed by atoms with Crippen molar-refractivity contribution in [2.45, 2.75) is 56.4 Å². The topological polar surface area (TPSA) is 89.8 Å². The van der Waals surface area contributed by atoms with Crippen LogP contribution >= 0.6 is 0 Å². The van der Waals surface area contributed by atoms with Gasteiger partial charge in [-0.2, -0.15) is 0 Å². The van der Waals surface area contributed by atoms with Gasteiger partial charge in [0, 0.05) is 58.1 Å². The lowest BCUT2D eigenvalue weighted by atomic mass is 9.69. The maximum absolute atomic E-state index is 14.2. The smallest absolute Gasteiger partial charge is 0.252 e. The van der Waals surface area contributed by atoms with Gasteiger partial charge in [0.05, 0.1) is 0 Å². The Morgan fingerprint density at radius 3 is 2.38 bits per heavy atom. The first-order chi connectivity index (χ1) is 19.5. The second kappa shape index (κ2) is 10.7. The van der Waals surface area contributed by atoms with Crippen LogP contribution in [0.1, 0.15) is 60.5 Å². The van der Waals surface area contributed by atoms with Gasteiger partial charge in [-0.25, -0.2) is 0 Å². The van der Waals surface area contributed by atoms with Crippen molar-refractivity contribution in [1.29, 1.82) is 0 Å². The Balaban J connectivity index is 1.31. The second-order valence-corrected chi connectivity index (χ2v) is 11.5. The van der Waals surface area contributed by atoms with Crippen molar-refractivity contribution < 1.29 is 9.59 Å². The number of hydrogen-bond acceptors (Lipinski definition) is 2. The summed E-state index contributed by atoms with van der Waals surface area (Å²) in [7, 11) is 0. The predicted octanol–water partition coefficient (Wildman–Crippen LogP) is 6.40. The maximum atomic E-state index is 14.2. The van der Waals surface area contributed by atoms with Crippen molar-refractivity contribution >= 4 is 33.6 Å². The highest BCUT2D eigenvalue weighted by molar-refractivity contribution is 6.08. The number of rotatable bonds is 8. The fourth-order valence-corrected chi connectivity index (χ4v) is 6.47. The van der Waals surface area contributed by atoms with Crippen molar-refractivity contribution in [2.24, 2.45) is 0 Å². The number of carbonyl (C=O) groups excluding carboxylic acids is 2. The van der Waals surface area contributed by atoms with Crippen LogP contribution < -0.4 is 10.6 Å². The van der Waals surface area contributed by atoms with Crippen molar-refractivity contribution in [1.82, 2.24) is 20.6 Å². The van der Waals surface area contributed by atoms with Crippen LogP contribution in [-0.2, 0) is 16.6 Å².